The van der Waals surface area contributed by atoms with Crippen LogP contribution in [-0.2, 0) is 9.09 Å². The molecule has 14 heavy (non-hydrogen) atoms. The SMILES string of the molecule is COP(=O)(O)O.NCCO.NCCO. The molecule has 0 amide bonds. The number of aliphatic hydroxyl groups is 2. The molecule has 8 N–H and O–H groups in total. The van der Waals surface area contributed by atoms with E-state index >= 15 is 0 Å². The van der Waals surface area contributed by atoms with E-state index in [4.69, 9.17) is 31.5 Å². The van der Waals surface area contributed by atoms with Gasteiger partial charge in [-0.3, -0.25) is 4.52 Å². The summed E-state index contributed by atoms with van der Waals surface area (Å²) >= 11 is 0. The van der Waals surface area contributed by atoms with Crippen molar-refractivity contribution in [2.24, 2.45) is 11.5 Å². The van der Waals surface area contributed by atoms with E-state index < -0.39 is 7.82 Å². The Bertz CT molecular complexity index is 121. The summed E-state index contributed by atoms with van der Waals surface area (Å²) in [5.74, 6) is 0. The molecule has 0 bridgehead atoms. The van der Waals surface area contributed by atoms with Gasteiger partial charge in [0.05, 0.1) is 13.2 Å². The zero-order valence-electron chi connectivity index (χ0n) is 8.04. The second-order valence-corrected chi connectivity index (χ2v) is 3.04. The van der Waals surface area contributed by atoms with Crippen molar-refractivity contribution in [1.82, 2.24) is 0 Å². The number of hydrogen-bond acceptors (Lipinski definition) is 6. The minimum Gasteiger partial charge on any atom is -0.395 e. The molecule has 0 aliphatic heterocycles. The first-order valence-electron chi connectivity index (χ1n) is 3.62. The largest absolute Gasteiger partial charge is 0.469 e. The van der Waals surface area contributed by atoms with E-state index in [0.29, 0.717) is 13.1 Å². The Labute approximate surface area is 82.7 Å². The smallest absolute Gasteiger partial charge is 0.395 e. The van der Waals surface area contributed by atoms with Gasteiger partial charge in [0.15, 0.2) is 0 Å². The molecular formula is C5H19N2O6P. The third kappa shape index (κ3) is 58.5. The van der Waals surface area contributed by atoms with Gasteiger partial charge in [-0.1, -0.05) is 0 Å². The number of phosphoric ester groups is 1. The van der Waals surface area contributed by atoms with E-state index in [9.17, 15) is 4.57 Å². The van der Waals surface area contributed by atoms with Crippen molar-refractivity contribution < 1.29 is 29.1 Å². The molecule has 0 fully saturated rings. The zero-order valence-corrected chi connectivity index (χ0v) is 8.93. The maximum Gasteiger partial charge on any atom is 0.469 e. The molecule has 0 spiro atoms. The van der Waals surface area contributed by atoms with Crippen molar-refractivity contribution in [3.63, 3.8) is 0 Å². The highest BCUT2D eigenvalue weighted by atomic mass is 31.2. The Morgan fingerprint density at radius 2 is 1.29 bits per heavy atom. The number of nitrogens with two attached hydrogens (primary N) is 2. The fourth-order valence-corrected chi connectivity index (χ4v) is 0. The molecule has 0 unspecified atom stereocenters. The minimum atomic E-state index is -4.15. The lowest BCUT2D eigenvalue weighted by Crippen LogP contribution is -2.02. The van der Waals surface area contributed by atoms with Crippen LogP contribution in [0.25, 0.3) is 0 Å². The topological polar surface area (TPSA) is 159 Å². The van der Waals surface area contributed by atoms with Crippen LogP contribution >= 0.6 is 7.82 Å². The van der Waals surface area contributed by atoms with Gasteiger partial charge in [0.2, 0.25) is 0 Å². The molecule has 0 aromatic carbocycles. The second kappa shape index (κ2) is 15.4. The van der Waals surface area contributed by atoms with Crippen molar-refractivity contribution in [3.8, 4) is 0 Å². The lowest BCUT2D eigenvalue weighted by atomic mass is 10.8. The van der Waals surface area contributed by atoms with E-state index in [-0.39, 0.29) is 13.2 Å². The monoisotopic (exact) mass is 234 g/mol. The highest BCUT2D eigenvalue weighted by Gasteiger charge is 2.07. The first-order valence-corrected chi connectivity index (χ1v) is 5.15. The van der Waals surface area contributed by atoms with Gasteiger partial charge in [0.1, 0.15) is 0 Å². The molecule has 0 atom stereocenters. The molecule has 90 valence electrons. The van der Waals surface area contributed by atoms with Crippen LogP contribution in [0.1, 0.15) is 0 Å². The molecular weight excluding hydrogens is 215 g/mol. The van der Waals surface area contributed by atoms with E-state index in [1.165, 1.54) is 0 Å². The van der Waals surface area contributed by atoms with Crippen LogP contribution < -0.4 is 11.5 Å². The van der Waals surface area contributed by atoms with E-state index in [1.54, 1.807) is 0 Å². The molecule has 0 aromatic rings. The van der Waals surface area contributed by atoms with Crippen LogP contribution in [0.2, 0.25) is 0 Å². The standard InChI is InChI=1S/2C2H7NO.CH5O4P/c2*3-1-2-4;1-5-6(2,3)4/h2*4H,1-3H2;1H3,(H2,2,3,4). The van der Waals surface area contributed by atoms with Crippen LogP contribution in [0.3, 0.4) is 0 Å². The first-order chi connectivity index (χ1) is 6.39. The molecule has 0 saturated heterocycles. The van der Waals surface area contributed by atoms with Crippen LogP contribution in [0.5, 0.6) is 0 Å². The molecule has 0 rings (SSSR count). The van der Waals surface area contributed by atoms with Gasteiger partial charge in [-0.2, -0.15) is 0 Å². The van der Waals surface area contributed by atoms with Crippen LogP contribution in [0, 0.1) is 0 Å². The maximum atomic E-state index is 9.47. The lowest BCUT2D eigenvalue weighted by Gasteiger charge is -1.93. The summed E-state index contributed by atoms with van der Waals surface area (Å²) in [6.07, 6.45) is 0. The van der Waals surface area contributed by atoms with Crippen molar-refractivity contribution in [2.75, 3.05) is 33.4 Å². The van der Waals surface area contributed by atoms with Crippen LogP contribution in [-0.4, -0.2) is 53.4 Å². The number of aliphatic hydroxyl groups excluding tert-OH is 2. The third-order valence-electron chi connectivity index (χ3n) is 0.496. The predicted octanol–water partition coefficient (Wildman–Crippen LogP) is -2.40. The highest BCUT2D eigenvalue weighted by Crippen LogP contribution is 2.33. The van der Waals surface area contributed by atoms with Crippen molar-refractivity contribution in [3.05, 3.63) is 0 Å². The number of rotatable bonds is 3. The Kier molecular flexibility index (Phi) is 21.5. The second-order valence-electron chi connectivity index (χ2n) is 1.70. The Balaban J connectivity index is -0.000000135. The van der Waals surface area contributed by atoms with E-state index in [2.05, 4.69) is 4.52 Å². The van der Waals surface area contributed by atoms with E-state index in [1.807, 2.05) is 0 Å². The first kappa shape index (κ1) is 19.5. The zero-order chi connectivity index (χ0) is 12.0. The summed E-state index contributed by atoms with van der Waals surface area (Å²) < 4.78 is 13.1. The molecule has 0 aliphatic carbocycles. The third-order valence-corrected chi connectivity index (χ3v) is 0.972. The quantitative estimate of drug-likeness (QED) is 0.295. The lowest BCUT2D eigenvalue weighted by molar-refractivity contribution is 0.235. The summed E-state index contributed by atoms with van der Waals surface area (Å²) in [6.45, 7) is 0.944. The Hall–Kier alpha value is -0.0500. The van der Waals surface area contributed by atoms with E-state index in [0.717, 1.165) is 7.11 Å². The molecule has 0 aliphatic rings. The van der Waals surface area contributed by atoms with Crippen molar-refractivity contribution in [2.45, 2.75) is 0 Å². The average Bonchev–Trinajstić information content (AvgIpc) is 2.17. The molecule has 0 heterocycles. The normalized spacial score (nSPS) is 9.36. The Morgan fingerprint density at radius 3 is 1.29 bits per heavy atom. The summed E-state index contributed by atoms with van der Waals surface area (Å²) in [5.41, 5.74) is 9.56. The van der Waals surface area contributed by atoms with Gasteiger partial charge in [0.25, 0.3) is 0 Å². The molecule has 9 heteroatoms. The van der Waals surface area contributed by atoms with Crippen molar-refractivity contribution >= 4 is 7.82 Å². The van der Waals surface area contributed by atoms with Gasteiger partial charge in [0, 0.05) is 20.2 Å². The summed E-state index contributed by atoms with van der Waals surface area (Å²) in [6, 6.07) is 0. The fourth-order valence-electron chi connectivity index (χ4n) is 0. The molecule has 0 radical (unpaired) electrons. The summed E-state index contributed by atoms with van der Waals surface area (Å²) in [7, 11) is -3.20. The Morgan fingerprint density at radius 1 is 1.14 bits per heavy atom. The van der Waals surface area contributed by atoms with Crippen molar-refractivity contribution in [1.29, 1.82) is 0 Å². The van der Waals surface area contributed by atoms with Gasteiger partial charge >= 0.3 is 7.82 Å². The fraction of sp³-hybridized carbons (Fsp3) is 1.00. The van der Waals surface area contributed by atoms with Gasteiger partial charge in [-0.25, -0.2) is 4.57 Å². The number of hydrogen-bond donors (Lipinski definition) is 6. The average molecular weight is 234 g/mol. The molecule has 8 nitrogen and oxygen atoms in total. The molecule has 0 aromatic heterocycles. The highest BCUT2D eigenvalue weighted by molar-refractivity contribution is 7.46. The van der Waals surface area contributed by atoms with Crippen LogP contribution in [0.4, 0.5) is 0 Å². The summed E-state index contributed by atoms with van der Waals surface area (Å²) in [5, 5.41) is 15.5. The van der Waals surface area contributed by atoms with Gasteiger partial charge in [-0.15, -0.1) is 0 Å². The van der Waals surface area contributed by atoms with Crippen LogP contribution in [0.15, 0.2) is 0 Å². The van der Waals surface area contributed by atoms with Gasteiger partial charge < -0.3 is 31.5 Å². The maximum absolute atomic E-state index is 9.47. The number of phosphoric acid groups is 1. The summed E-state index contributed by atoms with van der Waals surface area (Å²) in [4.78, 5) is 15.4. The predicted molar refractivity (Wildman–Crippen MR) is 51.3 cm³/mol. The minimum absolute atomic E-state index is 0.0972. The molecule has 0 saturated carbocycles. The van der Waals surface area contributed by atoms with Gasteiger partial charge in [-0.05, 0) is 0 Å².